The van der Waals surface area contributed by atoms with Gasteiger partial charge in [0.25, 0.3) is 0 Å². The largest absolute Gasteiger partial charge is 0.495 e. The minimum absolute atomic E-state index is 0.875. The molecule has 0 radical (unpaired) electrons. The fourth-order valence-corrected chi connectivity index (χ4v) is 1.74. The summed E-state index contributed by atoms with van der Waals surface area (Å²) in [6, 6.07) is 8.08. The van der Waals surface area contributed by atoms with E-state index in [9.17, 15) is 0 Å². The van der Waals surface area contributed by atoms with E-state index in [1.54, 1.807) is 7.11 Å². The third-order valence-electron chi connectivity index (χ3n) is 2.91. The highest BCUT2D eigenvalue weighted by Gasteiger charge is 2.17. The van der Waals surface area contributed by atoms with Crippen LogP contribution in [0, 0.1) is 5.92 Å². The number of para-hydroxylation sites is 2. The van der Waals surface area contributed by atoms with E-state index in [1.165, 1.54) is 19.3 Å². The van der Waals surface area contributed by atoms with Crippen molar-refractivity contribution < 1.29 is 4.74 Å². The second-order valence-electron chi connectivity index (χ2n) is 3.88. The predicted molar refractivity (Wildman–Crippen MR) is 58.8 cm³/mol. The third-order valence-corrected chi connectivity index (χ3v) is 2.91. The fourth-order valence-electron chi connectivity index (χ4n) is 1.74. The average molecular weight is 191 g/mol. The van der Waals surface area contributed by atoms with E-state index in [0.717, 1.165) is 23.9 Å². The summed E-state index contributed by atoms with van der Waals surface area (Å²) >= 11 is 0. The molecule has 0 atom stereocenters. The Balaban J connectivity index is 1.93. The van der Waals surface area contributed by atoms with E-state index >= 15 is 0 Å². The zero-order valence-electron chi connectivity index (χ0n) is 8.62. The molecule has 1 aliphatic carbocycles. The molecule has 1 aromatic carbocycles. The van der Waals surface area contributed by atoms with Gasteiger partial charge in [-0.3, -0.25) is 0 Å². The summed E-state index contributed by atoms with van der Waals surface area (Å²) in [5, 5.41) is 3.44. The van der Waals surface area contributed by atoms with E-state index in [0.29, 0.717) is 0 Å². The molecule has 0 saturated heterocycles. The summed E-state index contributed by atoms with van der Waals surface area (Å²) in [6.07, 6.45) is 4.16. The smallest absolute Gasteiger partial charge is 0.141 e. The number of methoxy groups -OCH3 is 1. The SMILES string of the molecule is COc1ccccc1NCC1CCC1. The summed E-state index contributed by atoms with van der Waals surface area (Å²) in [6.45, 7) is 1.08. The van der Waals surface area contributed by atoms with Crippen LogP contribution >= 0.6 is 0 Å². The lowest BCUT2D eigenvalue weighted by Gasteiger charge is -2.26. The van der Waals surface area contributed by atoms with Gasteiger partial charge in [0.2, 0.25) is 0 Å². The van der Waals surface area contributed by atoms with Crippen LogP contribution in [0.15, 0.2) is 24.3 Å². The zero-order valence-corrected chi connectivity index (χ0v) is 8.62. The maximum absolute atomic E-state index is 5.27. The van der Waals surface area contributed by atoms with Crippen molar-refractivity contribution in [1.29, 1.82) is 0 Å². The van der Waals surface area contributed by atoms with Crippen molar-refractivity contribution in [2.75, 3.05) is 19.0 Å². The van der Waals surface area contributed by atoms with Crippen LogP contribution in [0.1, 0.15) is 19.3 Å². The molecular formula is C12H17NO. The summed E-state index contributed by atoms with van der Waals surface area (Å²) < 4.78 is 5.27. The number of rotatable bonds is 4. The summed E-state index contributed by atoms with van der Waals surface area (Å²) in [4.78, 5) is 0. The van der Waals surface area contributed by atoms with Gasteiger partial charge in [-0.05, 0) is 30.9 Å². The molecule has 1 aliphatic rings. The van der Waals surface area contributed by atoms with E-state index < -0.39 is 0 Å². The Bertz CT molecular complexity index is 294. The van der Waals surface area contributed by atoms with Crippen molar-refractivity contribution in [1.82, 2.24) is 0 Å². The van der Waals surface area contributed by atoms with Gasteiger partial charge in [0.05, 0.1) is 12.8 Å². The number of hydrogen-bond acceptors (Lipinski definition) is 2. The number of nitrogens with one attached hydrogen (secondary N) is 1. The Morgan fingerprint density at radius 3 is 2.79 bits per heavy atom. The lowest BCUT2D eigenvalue weighted by atomic mass is 9.85. The molecule has 14 heavy (non-hydrogen) atoms. The molecule has 0 amide bonds. The quantitative estimate of drug-likeness (QED) is 0.790. The van der Waals surface area contributed by atoms with Gasteiger partial charge in [-0.25, -0.2) is 0 Å². The number of ether oxygens (including phenoxy) is 1. The lowest BCUT2D eigenvalue weighted by Crippen LogP contribution is -2.21. The molecule has 1 aromatic rings. The molecule has 2 nitrogen and oxygen atoms in total. The first-order chi connectivity index (χ1) is 6.90. The van der Waals surface area contributed by atoms with Crippen molar-refractivity contribution in [2.45, 2.75) is 19.3 Å². The highest BCUT2D eigenvalue weighted by Crippen LogP contribution is 2.28. The van der Waals surface area contributed by atoms with Crippen molar-refractivity contribution >= 4 is 5.69 Å². The normalized spacial score (nSPS) is 16.1. The first kappa shape index (κ1) is 9.38. The van der Waals surface area contributed by atoms with Gasteiger partial charge in [-0.2, -0.15) is 0 Å². The van der Waals surface area contributed by atoms with Crippen LogP contribution in [0.2, 0.25) is 0 Å². The Kier molecular flexibility index (Phi) is 2.92. The van der Waals surface area contributed by atoms with Crippen molar-refractivity contribution in [3.63, 3.8) is 0 Å². The lowest BCUT2D eigenvalue weighted by molar-refractivity contribution is 0.333. The molecular weight excluding hydrogens is 174 g/mol. The van der Waals surface area contributed by atoms with Crippen LogP contribution in [0.25, 0.3) is 0 Å². The van der Waals surface area contributed by atoms with Gasteiger partial charge in [0, 0.05) is 6.54 Å². The molecule has 1 N–H and O–H groups in total. The fraction of sp³-hybridized carbons (Fsp3) is 0.500. The Morgan fingerprint density at radius 1 is 1.36 bits per heavy atom. The maximum atomic E-state index is 5.27. The van der Waals surface area contributed by atoms with Gasteiger partial charge in [0.1, 0.15) is 5.75 Å². The Labute approximate surface area is 85.3 Å². The monoisotopic (exact) mass is 191 g/mol. The van der Waals surface area contributed by atoms with Crippen molar-refractivity contribution in [2.24, 2.45) is 5.92 Å². The van der Waals surface area contributed by atoms with Crippen LogP contribution in [0.4, 0.5) is 5.69 Å². The predicted octanol–water partition coefficient (Wildman–Crippen LogP) is 2.91. The standard InChI is InChI=1S/C12H17NO/c1-14-12-8-3-2-7-11(12)13-9-10-5-4-6-10/h2-3,7-8,10,13H,4-6,9H2,1H3. The van der Waals surface area contributed by atoms with E-state index in [4.69, 9.17) is 4.74 Å². The van der Waals surface area contributed by atoms with Crippen LogP contribution in [-0.2, 0) is 0 Å². The summed E-state index contributed by atoms with van der Waals surface area (Å²) in [7, 11) is 1.71. The molecule has 0 aromatic heterocycles. The van der Waals surface area contributed by atoms with Gasteiger partial charge in [-0.1, -0.05) is 18.6 Å². The minimum Gasteiger partial charge on any atom is -0.495 e. The highest BCUT2D eigenvalue weighted by atomic mass is 16.5. The van der Waals surface area contributed by atoms with Crippen LogP contribution < -0.4 is 10.1 Å². The van der Waals surface area contributed by atoms with Gasteiger partial charge >= 0.3 is 0 Å². The molecule has 0 heterocycles. The molecule has 2 rings (SSSR count). The maximum Gasteiger partial charge on any atom is 0.141 e. The Morgan fingerprint density at radius 2 is 2.14 bits per heavy atom. The van der Waals surface area contributed by atoms with Gasteiger partial charge < -0.3 is 10.1 Å². The highest BCUT2D eigenvalue weighted by molar-refractivity contribution is 5.56. The molecule has 0 bridgehead atoms. The molecule has 76 valence electrons. The summed E-state index contributed by atoms with van der Waals surface area (Å²) in [5.74, 6) is 1.81. The molecule has 2 heteroatoms. The minimum atomic E-state index is 0.875. The van der Waals surface area contributed by atoms with E-state index in [2.05, 4.69) is 11.4 Å². The van der Waals surface area contributed by atoms with Gasteiger partial charge in [0.15, 0.2) is 0 Å². The van der Waals surface area contributed by atoms with Crippen LogP contribution in [0.3, 0.4) is 0 Å². The first-order valence-corrected chi connectivity index (χ1v) is 5.27. The van der Waals surface area contributed by atoms with Crippen LogP contribution in [0.5, 0.6) is 5.75 Å². The van der Waals surface area contributed by atoms with Crippen molar-refractivity contribution in [3.8, 4) is 5.75 Å². The molecule has 1 fully saturated rings. The van der Waals surface area contributed by atoms with E-state index in [1.807, 2.05) is 18.2 Å². The first-order valence-electron chi connectivity index (χ1n) is 5.27. The van der Waals surface area contributed by atoms with Crippen LogP contribution in [-0.4, -0.2) is 13.7 Å². The zero-order chi connectivity index (χ0) is 9.80. The third kappa shape index (κ3) is 2.00. The summed E-state index contributed by atoms with van der Waals surface area (Å²) in [5.41, 5.74) is 1.11. The number of hydrogen-bond donors (Lipinski definition) is 1. The topological polar surface area (TPSA) is 21.3 Å². The second kappa shape index (κ2) is 4.36. The van der Waals surface area contributed by atoms with E-state index in [-0.39, 0.29) is 0 Å². The van der Waals surface area contributed by atoms with Crippen molar-refractivity contribution in [3.05, 3.63) is 24.3 Å². The number of benzene rings is 1. The average Bonchev–Trinajstić information content (AvgIpc) is 2.16. The second-order valence-corrected chi connectivity index (χ2v) is 3.88. The van der Waals surface area contributed by atoms with Gasteiger partial charge in [-0.15, -0.1) is 0 Å². The molecule has 0 aliphatic heterocycles. The molecule has 0 spiro atoms. The Hall–Kier alpha value is -1.18. The molecule has 0 unspecified atom stereocenters. The number of anilines is 1. The molecule has 1 saturated carbocycles.